The second-order valence-electron chi connectivity index (χ2n) is 8.19. The van der Waals surface area contributed by atoms with Crippen molar-refractivity contribution in [2.75, 3.05) is 6.54 Å². The zero-order valence-electron chi connectivity index (χ0n) is 16.5. The third-order valence-corrected chi connectivity index (χ3v) is 5.01. The number of carbonyl (C=O) groups is 2. The fraction of sp³-hybridized carbons (Fsp3) is 0.421. The van der Waals surface area contributed by atoms with Crippen molar-refractivity contribution in [1.82, 2.24) is 14.7 Å². The normalized spacial score (nSPS) is 17.0. The Bertz CT molecular complexity index is 1020. The van der Waals surface area contributed by atoms with E-state index in [4.69, 9.17) is 11.5 Å². The maximum atomic E-state index is 13.7. The SMILES string of the molecule is CC(C)(C)C1c2c(C(N)=O)c(-c3ccc(F)c(C(F)(F)F)c3)nn2CCN1C(N)=O. The third kappa shape index (κ3) is 3.59. The Labute approximate surface area is 169 Å². The lowest BCUT2D eigenvalue weighted by Gasteiger charge is -2.42. The first-order valence-corrected chi connectivity index (χ1v) is 9.07. The molecule has 11 heteroatoms. The zero-order valence-corrected chi connectivity index (χ0v) is 16.5. The minimum Gasteiger partial charge on any atom is -0.365 e. The Balaban J connectivity index is 2.29. The van der Waals surface area contributed by atoms with Gasteiger partial charge in [0.1, 0.15) is 11.5 Å². The lowest BCUT2D eigenvalue weighted by molar-refractivity contribution is -0.139. The number of hydrogen-bond acceptors (Lipinski definition) is 3. The van der Waals surface area contributed by atoms with Gasteiger partial charge in [0, 0.05) is 12.1 Å². The van der Waals surface area contributed by atoms with Gasteiger partial charge in [-0.3, -0.25) is 9.48 Å². The van der Waals surface area contributed by atoms with E-state index in [9.17, 15) is 27.2 Å². The van der Waals surface area contributed by atoms with Crippen molar-refractivity contribution < 1.29 is 27.2 Å². The van der Waals surface area contributed by atoms with E-state index < -0.39 is 41.0 Å². The van der Waals surface area contributed by atoms with Crippen molar-refractivity contribution in [1.29, 1.82) is 0 Å². The van der Waals surface area contributed by atoms with Crippen LogP contribution in [0.1, 0.15) is 48.4 Å². The van der Waals surface area contributed by atoms with Crippen molar-refractivity contribution in [3.63, 3.8) is 0 Å². The molecule has 0 aliphatic carbocycles. The zero-order chi connectivity index (χ0) is 22.6. The second-order valence-corrected chi connectivity index (χ2v) is 8.19. The number of carbonyl (C=O) groups excluding carboxylic acids is 2. The van der Waals surface area contributed by atoms with E-state index in [-0.39, 0.29) is 35.6 Å². The molecular weight excluding hydrogens is 406 g/mol. The number of rotatable bonds is 2. The molecule has 30 heavy (non-hydrogen) atoms. The van der Waals surface area contributed by atoms with Gasteiger partial charge in [-0.15, -0.1) is 0 Å². The van der Waals surface area contributed by atoms with Gasteiger partial charge in [0.15, 0.2) is 0 Å². The number of halogens is 4. The summed E-state index contributed by atoms with van der Waals surface area (Å²) in [5.41, 5.74) is 8.95. The lowest BCUT2D eigenvalue weighted by Crippen LogP contribution is -2.49. The summed E-state index contributed by atoms with van der Waals surface area (Å²) in [6, 6.07) is 0.950. The average Bonchev–Trinajstić information content (AvgIpc) is 2.98. The molecule has 7 nitrogen and oxygen atoms in total. The first-order chi connectivity index (χ1) is 13.7. The number of aromatic nitrogens is 2. The van der Waals surface area contributed by atoms with Crippen LogP contribution < -0.4 is 11.5 Å². The van der Waals surface area contributed by atoms with Crippen LogP contribution in [0.4, 0.5) is 22.4 Å². The number of nitrogens with zero attached hydrogens (tertiary/aromatic N) is 3. The van der Waals surface area contributed by atoms with Crippen LogP contribution >= 0.6 is 0 Å². The van der Waals surface area contributed by atoms with Crippen molar-refractivity contribution in [2.24, 2.45) is 16.9 Å². The monoisotopic (exact) mass is 427 g/mol. The van der Waals surface area contributed by atoms with E-state index in [0.717, 1.165) is 6.07 Å². The van der Waals surface area contributed by atoms with Crippen LogP contribution in [0.25, 0.3) is 11.3 Å². The summed E-state index contributed by atoms with van der Waals surface area (Å²) in [6.45, 7) is 5.82. The predicted octanol–water partition coefficient (Wildman–Crippen LogP) is 3.29. The number of nitrogens with two attached hydrogens (primary N) is 2. The highest BCUT2D eigenvalue weighted by Crippen LogP contribution is 2.44. The summed E-state index contributed by atoms with van der Waals surface area (Å²) in [5.74, 6) is -2.37. The molecule has 1 aromatic heterocycles. The van der Waals surface area contributed by atoms with E-state index in [1.807, 2.05) is 20.8 Å². The average molecular weight is 427 g/mol. The Morgan fingerprint density at radius 1 is 1.13 bits per heavy atom. The van der Waals surface area contributed by atoms with Crippen molar-refractivity contribution in [3.8, 4) is 11.3 Å². The quantitative estimate of drug-likeness (QED) is 0.718. The molecule has 4 N–H and O–H groups in total. The molecule has 3 rings (SSSR count). The maximum Gasteiger partial charge on any atom is 0.419 e. The summed E-state index contributed by atoms with van der Waals surface area (Å²) in [4.78, 5) is 25.7. The number of amides is 3. The van der Waals surface area contributed by atoms with Crippen molar-refractivity contribution in [3.05, 3.63) is 40.8 Å². The fourth-order valence-electron chi connectivity index (χ4n) is 3.85. The number of fused-ring (bicyclic) bond motifs is 1. The van der Waals surface area contributed by atoms with E-state index in [1.54, 1.807) is 0 Å². The minimum atomic E-state index is -4.93. The van der Waals surface area contributed by atoms with Crippen molar-refractivity contribution in [2.45, 2.75) is 39.5 Å². The molecule has 0 saturated heterocycles. The summed E-state index contributed by atoms with van der Waals surface area (Å²) >= 11 is 0. The highest BCUT2D eigenvalue weighted by Gasteiger charge is 2.43. The van der Waals surface area contributed by atoms with E-state index in [1.165, 1.54) is 9.58 Å². The Hall–Kier alpha value is -3.11. The summed E-state index contributed by atoms with van der Waals surface area (Å²) < 4.78 is 54.7. The lowest BCUT2D eigenvalue weighted by atomic mass is 9.81. The number of hydrogen-bond donors (Lipinski definition) is 2. The van der Waals surface area contributed by atoms with Gasteiger partial charge in [-0.1, -0.05) is 20.8 Å². The molecule has 0 spiro atoms. The molecule has 2 aromatic rings. The van der Waals surface area contributed by atoms with Crippen LogP contribution in [0.2, 0.25) is 0 Å². The molecule has 0 bridgehead atoms. The van der Waals surface area contributed by atoms with Gasteiger partial charge in [0.05, 0.1) is 29.4 Å². The second kappa shape index (κ2) is 6.99. The van der Waals surface area contributed by atoms with Crippen LogP contribution in [0.15, 0.2) is 18.2 Å². The summed E-state index contributed by atoms with van der Waals surface area (Å²) in [5, 5.41) is 4.30. The molecular formula is C19H21F4N5O2. The highest BCUT2D eigenvalue weighted by atomic mass is 19.4. The topological polar surface area (TPSA) is 107 Å². The molecule has 162 valence electrons. The molecule has 1 aliphatic heterocycles. The Morgan fingerprint density at radius 3 is 2.27 bits per heavy atom. The molecule has 0 radical (unpaired) electrons. The Morgan fingerprint density at radius 2 is 1.77 bits per heavy atom. The van der Waals surface area contributed by atoms with E-state index >= 15 is 0 Å². The fourth-order valence-corrected chi connectivity index (χ4v) is 3.85. The number of alkyl halides is 3. The van der Waals surface area contributed by atoms with Gasteiger partial charge in [-0.2, -0.15) is 18.3 Å². The van der Waals surface area contributed by atoms with Gasteiger partial charge in [-0.25, -0.2) is 9.18 Å². The van der Waals surface area contributed by atoms with Crippen LogP contribution in [-0.4, -0.2) is 33.2 Å². The smallest absolute Gasteiger partial charge is 0.365 e. The van der Waals surface area contributed by atoms with E-state index in [0.29, 0.717) is 12.1 Å². The first-order valence-electron chi connectivity index (χ1n) is 9.07. The van der Waals surface area contributed by atoms with Gasteiger partial charge in [0.25, 0.3) is 5.91 Å². The summed E-state index contributed by atoms with van der Waals surface area (Å²) in [6.07, 6.45) is -4.93. The predicted molar refractivity (Wildman–Crippen MR) is 99.6 cm³/mol. The molecule has 3 amide bonds. The van der Waals surface area contributed by atoms with Gasteiger partial charge in [0.2, 0.25) is 0 Å². The van der Waals surface area contributed by atoms with Crippen molar-refractivity contribution >= 4 is 11.9 Å². The number of urea groups is 1. The molecule has 1 unspecified atom stereocenters. The van der Waals surface area contributed by atoms with Gasteiger partial charge < -0.3 is 16.4 Å². The maximum absolute atomic E-state index is 13.7. The van der Waals surface area contributed by atoms with Crippen LogP contribution in [0.3, 0.4) is 0 Å². The molecule has 1 aliphatic rings. The largest absolute Gasteiger partial charge is 0.419 e. The first kappa shape index (κ1) is 21.6. The van der Waals surface area contributed by atoms with Crippen LogP contribution in [0.5, 0.6) is 0 Å². The minimum absolute atomic E-state index is 0.108. The standard InChI is InChI=1S/C19H21F4N5O2/c1-18(2,3)15-14-12(16(24)29)13(26-28(14)7-6-27(15)17(25)30)9-4-5-11(20)10(8-9)19(21,22)23/h4-5,8,15H,6-7H2,1-3H3,(H2,24,29)(H2,25,30). The molecule has 0 saturated carbocycles. The van der Waals surface area contributed by atoms with E-state index in [2.05, 4.69) is 5.10 Å². The van der Waals surface area contributed by atoms with Gasteiger partial charge in [-0.05, 0) is 23.6 Å². The number of primary amides is 2. The van der Waals surface area contributed by atoms with Crippen LogP contribution in [-0.2, 0) is 12.7 Å². The molecule has 0 fully saturated rings. The molecule has 1 atom stereocenters. The van der Waals surface area contributed by atoms with Gasteiger partial charge >= 0.3 is 12.2 Å². The Kier molecular flexibility index (Phi) is 5.03. The highest BCUT2D eigenvalue weighted by molar-refractivity contribution is 6.00. The van der Waals surface area contributed by atoms with Crippen LogP contribution in [0, 0.1) is 11.2 Å². The molecule has 2 heterocycles. The third-order valence-electron chi connectivity index (χ3n) is 5.01. The summed E-state index contributed by atoms with van der Waals surface area (Å²) in [7, 11) is 0. The number of benzene rings is 1. The molecule has 1 aromatic carbocycles.